The molecular formula is C14H22N4OS. The average molecular weight is 294 g/mol. The Hall–Kier alpha value is -1.30. The molecule has 2 rings (SSSR count). The third-order valence-electron chi connectivity index (χ3n) is 3.41. The van der Waals surface area contributed by atoms with Gasteiger partial charge in [0.25, 0.3) is 5.91 Å². The molecule has 0 N–H and O–H groups in total. The van der Waals surface area contributed by atoms with Gasteiger partial charge in [-0.15, -0.1) is 0 Å². The molecule has 2 heterocycles. The Morgan fingerprint density at radius 3 is 2.55 bits per heavy atom. The number of aryl methyl sites for hydroxylation is 1. The summed E-state index contributed by atoms with van der Waals surface area (Å²) in [7, 11) is 0. The first-order valence-electron chi connectivity index (χ1n) is 7.13. The van der Waals surface area contributed by atoms with Crippen LogP contribution in [0.5, 0.6) is 0 Å². The number of nitrogens with zero attached hydrogens (tertiary/aromatic N) is 4. The van der Waals surface area contributed by atoms with Crippen LogP contribution in [0.2, 0.25) is 0 Å². The van der Waals surface area contributed by atoms with E-state index >= 15 is 0 Å². The molecule has 0 spiro atoms. The molecule has 1 aromatic heterocycles. The molecule has 1 saturated heterocycles. The number of aromatic nitrogens is 2. The number of amides is 1. The van der Waals surface area contributed by atoms with Crippen LogP contribution in [0.1, 0.15) is 30.0 Å². The van der Waals surface area contributed by atoms with Gasteiger partial charge < -0.3 is 9.80 Å². The maximum absolute atomic E-state index is 12.5. The van der Waals surface area contributed by atoms with E-state index < -0.39 is 0 Å². The molecule has 5 nitrogen and oxygen atoms in total. The van der Waals surface area contributed by atoms with Gasteiger partial charge in [0, 0.05) is 43.4 Å². The Balaban J connectivity index is 2.24. The maximum atomic E-state index is 12.5. The summed E-state index contributed by atoms with van der Waals surface area (Å²) in [5.74, 6) is 2.71. The second-order valence-electron chi connectivity index (χ2n) is 4.77. The van der Waals surface area contributed by atoms with Gasteiger partial charge in [-0.2, -0.15) is 11.8 Å². The van der Waals surface area contributed by atoms with Crippen LogP contribution in [0.4, 0.5) is 5.95 Å². The average Bonchev–Trinajstić information content (AvgIpc) is 2.48. The van der Waals surface area contributed by atoms with Crippen molar-refractivity contribution in [1.82, 2.24) is 14.9 Å². The second-order valence-corrected chi connectivity index (χ2v) is 6.00. The Kier molecular flexibility index (Phi) is 5.23. The molecule has 20 heavy (non-hydrogen) atoms. The Bertz CT molecular complexity index is 470. The second kappa shape index (κ2) is 6.92. The van der Waals surface area contributed by atoms with Gasteiger partial charge >= 0.3 is 0 Å². The molecular weight excluding hydrogens is 272 g/mol. The third kappa shape index (κ3) is 3.42. The standard InChI is InChI=1S/C14H22N4OS/c1-4-17(5-2)14-15-11(3)10-12(16-14)13(19)18-6-8-20-9-7-18/h10H,4-9H2,1-3H3. The first-order valence-corrected chi connectivity index (χ1v) is 8.28. The number of hydrogen-bond donors (Lipinski definition) is 0. The van der Waals surface area contributed by atoms with Crippen molar-refractivity contribution in [2.75, 3.05) is 42.6 Å². The van der Waals surface area contributed by atoms with E-state index in [2.05, 4.69) is 28.7 Å². The van der Waals surface area contributed by atoms with Crippen molar-refractivity contribution in [3.8, 4) is 0 Å². The smallest absolute Gasteiger partial charge is 0.272 e. The number of anilines is 1. The van der Waals surface area contributed by atoms with Gasteiger partial charge in [-0.1, -0.05) is 0 Å². The summed E-state index contributed by atoms with van der Waals surface area (Å²) < 4.78 is 0. The topological polar surface area (TPSA) is 49.3 Å². The molecule has 0 radical (unpaired) electrons. The summed E-state index contributed by atoms with van der Waals surface area (Å²) >= 11 is 1.89. The maximum Gasteiger partial charge on any atom is 0.272 e. The van der Waals surface area contributed by atoms with Crippen LogP contribution in [-0.2, 0) is 0 Å². The number of rotatable bonds is 4. The molecule has 0 atom stereocenters. The van der Waals surface area contributed by atoms with E-state index in [0.717, 1.165) is 43.4 Å². The lowest BCUT2D eigenvalue weighted by Gasteiger charge is -2.26. The molecule has 110 valence electrons. The van der Waals surface area contributed by atoms with E-state index in [-0.39, 0.29) is 5.91 Å². The van der Waals surface area contributed by atoms with Crippen molar-refractivity contribution < 1.29 is 4.79 Å². The SMILES string of the molecule is CCN(CC)c1nc(C)cc(C(=O)N2CCSCC2)n1. The first kappa shape index (κ1) is 15.1. The summed E-state index contributed by atoms with van der Waals surface area (Å²) in [6.45, 7) is 9.36. The minimum Gasteiger partial charge on any atom is -0.341 e. The number of carbonyl (C=O) groups is 1. The quantitative estimate of drug-likeness (QED) is 0.848. The highest BCUT2D eigenvalue weighted by Crippen LogP contribution is 2.15. The van der Waals surface area contributed by atoms with Gasteiger partial charge in [0.1, 0.15) is 5.69 Å². The van der Waals surface area contributed by atoms with Crippen molar-refractivity contribution >= 4 is 23.6 Å². The summed E-state index contributed by atoms with van der Waals surface area (Å²) in [6, 6.07) is 1.79. The van der Waals surface area contributed by atoms with E-state index in [1.54, 1.807) is 6.07 Å². The fourth-order valence-electron chi connectivity index (χ4n) is 2.24. The van der Waals surface area contributed by atoms with Gasteiger partial charge in [0.05, 0.1) is 0 Å². The lowest BCUT2D eigenvalue weighted by Crippen LogP contribution is -2.38. The molecule has 0 aliphatic carbocycles. The van der Waals surface area contributed by atoms with Gasteiger partial charge in [-0.3, -0.25) is 4.79 Å². The van der Waals surface area contributed by atoms with Gasteiger partial charge in [0.2, 0.25) is 5.95 Å². The lowest BCUT2D eigenvalue weighted by molar-refractivity contribution is 0.0766. The van der Waals surface area contributed by atoms with E-state index in [0.29, 0.717) is 11.6 Å². The normalized spacial score (nSPS) is 15.2. The molecule has 0 bridgehead atoms. The van der Waals surface area contributed by atoms with Crippen molar-refractivity contribution in [3.63, 3.8) is 0 Å². The number of hydrogen-bond acceptors (Lipinski definition) is 5. The van der Waals surface area contributed by atoms with Crippen LogP contribution in [0.3, 0.4) is 0 Å². The van der Waals surface area contributed by atoms with Crippen LogP contribution >= 0.6 is 11.8 Å². The molecule has 0 saturated carbocycles. The highest BCUT2D eigenvalue weighted by Gasteiger charge is 2.21. The zero-order valence-electron chi connectivity index (χ0n) is 12.4. The summed E-state index contributed by atoms with van der Waals surface area (Å²) in [6.07, 6.45) is 0. The minimum absolute atomic E-state index is 0.0317. The van der Waals surface area contributed by atoms with Crippen molar-refractivity contribution in [1.29, 1.82) is 0 Å². The van der Waals surface area contributed by atoms with Crippen LogP contribution in [0.25, 0.3) is 0 Å². The molecule has 1 aromatic rings. The monoisotopic (exact) mass is 294 g/mol. The fraction of sp³-hybridized carbons (Fsp3) is 0.643. The Morgan fingerprint density at radius 1 is 1.30 bits per heavy atom. The predicted molar refractivity (Wildman–Crippen MR) is 83.6 cm³/mol. The van der Waals surface area contributed by atoms with Gasteiger partial charge in [-0.05, 0) is 26.8 Å². The lowest BCUT2D eigenvalue weighted by atomic mass is 10.3. The van der Waals surface area contributed by atoms with Gasteiger partial charge in [0.15, 0.2) is 0 Å². The van der Waals surface area contributed by atoms with Crippen molar-refractivity contribution in [2.45, 2.75) is 20.8 Å². The number of thioether (sulfide) groups is 1. The van der Waals surface area contributed by atoms with E-state index in [1.807, 2.05) is 23.6 Å². The third-order valence-corrected chi connectivity index (χ3v) is 4.35. The van der Waals surface area contributed by atoms with Crippen LogP contribution in [-0.4, -0.2) is 58.5 Å². The van der Waals surface area contributed by atoms with E-state index in [4.69, 9.17) is 0 Å². The van der Waals surface area contributed by atoms with Crippen LogP contribution < -0.4 is 4.90 Å². The fourth-order valence-corrected chi connectivity index (χ4v) is 3.14. The minimum atomic E-state index is 0.0317. The molecule has 1 aliphatic rings. The largest absolute Gasteiger partial charge is 0.341 e. The molecule has 1 fully saturated rings. The van der Waals surface area contributed by atoms with E-state index in [9.17, 15) is 4.79 Å². The molecule has 1 aliphatic heterocycles. The Labute approximate surface area is 124 Å². The van der Waals surface area contributed by atoms with E-state index in [1.165, 1.54) is 0 Å². The summed E-state index contributed by atoms with van der Waals surface area (Å²) in [5, 5.41) is 0. The highest BCUT2D eigenvalue weighted by atomic mass is 32.2. The Morgan fingerprint density at radius 2 is 1.95 bits per heavy atom. The summed E-state index contributed by atoms with van der Waals surface area (Å²) in [5.41, 5.74) is 1.36. The predicted octanol–water partition coefficient (Wildman–Crippen LogP) is 1.82. The van der Waals surface area contributed by atoms with Gasteiger partial charge in [-0.25, -0.2) is 9.97 Å². The molecule has 0 aromatic carbocycles. The van der Waals surface area contributed by atoms with Crippen LogP contribution in [0.15, 0.2) is 6.07 Å². The highest BCUT2D eigenvalue weighted by molar-refractivity contribution is 7.99. The van der Waals surface area contributed by atoms with Crippen LogP contribution in [0, 0.1) is 6.92 Å². The zero-order valence-corrected chi connectivity index (χ0v) is 13.2. The zero-order chi connectivity index (χ0) is 14.5. The van der Waals surface area contributed by atoms with Crippen molar-refractivity contribution in [3.05, 3.63) is 17.5 Å². The first-order chi connectivity index (χ1) is 9.65. The molecule has 0 unspecified atom stereocenters. The summed E-state index contributed by atoms with van der Waals surface area (Å²) in [4.78, 5) is 25.4. The van der Waals surface area contributed by atoms with Crippen molar-refractivity contribution in [2.24, 2.45) is 0 Å². The number of carbonyl (C=O) groups excluding carboxylic acids is 1. The molecule has 6 heteroatoms. The molecule has 1 amide bonds.